The number of aromatic nitrogens is 2. The highest BCUT2D eigenvalue weighted by Crippen LogP contribution is 2.23. The number of carbonyl (C=O) groups is 1. The maximum Gasteiger partial charge on any atom is 0.245 e. The summed E-state index contributed by atoms with van der Waals surface area (Å²) in [6, 6.07) is 8.15. The SMILES string of the molecule is CCN(CC)CCn1c(NC(=O)C2NNC3CCNCC32)nc2ccccc21. The summed E-state index contributed by atoms with van der Waals surface area (Å²) in [6.45, 7) is 9.93. The third-order valence-corrected chi connectivity index (χ3v) is 6.09. The number of likely N-dealkylation sites (N-methyl/N-ethyl adjacent to an activating group) is 1. The summed E-state index contributed by atoms with van der Waals surface area (Å²) >= 11 is 0. The van der Waals surface area contributed by atoms with Crippen LogP contribution in [0.2, 0.25) is 0 Å². The quantitative estimate of drug-likeness (QED) is 0.563. The number of hydrazine groups is 1. The maximum absolute atomic E-state index is 13.0. The fourth-order valence-corrected chi connectivity index (χ4v) is 4.34. The van der Waals surface area contributed by atoms with Gasteiger partial charge in [0.1, 0.15) is 6.04 Å². The summed E-state index contributed by atoms with van der Waals surface area (Å²) in [4.78, 5) is 20.1. The first-order valence-electron chi connectivity index (χ1n) is 10.4. The molecular formula is C20H31N7O. The molecule has 1 aromatic carbocycles. The smallest absolute Gasteiger partial charge is 0.245 e. The predicted octanol–water partition coefficient (Wildman–Crippen LogP) is 0.771. The van der Waals surface area contributed by atoms with E-state index in [1.165, 1.54) is 0 Å². The van der Waals surface area contributed by atoms with E-state index in [0.717, 1.165) is 56.7 Å². The van der Waals surface area contributed by atoms with Crippen LogP contribution in [0.15, 0.2) is 24.3 Å². The molecule has 8 nitrogen and oxygen atoms in total. The first-order chi connectivity index (χ1) is 13.7. The van der Waals surface area contributed by atoms with Crippen LogP contribution >= 0.6 is 0 Å². The summed E-state index contributed by atoms with van der Waals surface area (Å²) in [6.07, 6.45) is 1.03. The Bertz CT molecular complexity index is 816. The van der Waals surface area contributed by atoms with E-state index < -0.39 is 0 Å². The van der Waals surface area contributed by atoms with Crippen molar-refractivity contribution in [3.05, 3.63) is 24.3 Å². The molecule has 0 saturated carbocycles. The number of fused-ring (bicyclic) bond motifs is 2. The molecule has 4 rings (SSSR count). The van der Waals surface area contributed by atoms with Gasteiger partial charge in [0.2, 0.25) is 11.9 Å². The first-order valence-corrected chi connectivity index (χ1v) is 10.4. The molecule has 0 radical (unpaired) electrons. The van der Waals surface area contributed by atoms with E-state index in [0.29, 0.717) is 12.0 Å². The number of piperidine rings is 1. The van der Waals surface area contributed by atoms with E-state index in [2.05, 4.69) is 50.9 Å². The lowest BCUT2D eigenvalue weighted by atomic mass is 9.89. The van der Waals surface area contributed by atoms with Crippen molar-refractivity contribution in [2.45, 2.75) is 38.9 Å². The van der Waals surface area contributed by atoms with Crippen LogP contribution in [0.25, 0.3) is 11.0 Å². The molecule has 152 valence electrons. The Morgan fingerprint density at radius 2 is 2.11 bits per heavy atom. The fraction of sp³-hybridized carbons (Fsp3) is 0.600. The minimum atomic E-state index is -0.256. The van der Waals surface area contributed by atoms with E-state index in [-0.39, 0.29) is 17.9 Å². The Morgan fingerprint density at radius 1 is 1.29 bits per heavy atom. The molecule has 1 amide bonds. The zero-order chi connectivity index (χ0) is 19.5. The molecule has 2 aliphatic rings. The number of para-hydroxylation sites is 2. The highest BCUT2D eigenvalue weighted by molar-refractivity contribution is 5.95. The summed E-state index contributed by atoms with van der Waals surface area (Å²) in [5.41, 5.74) is 8.44. The normalized spacial score (nSPS) is 24.6. The highest BCUT2D eigenvalue weighted by atomic mass is 16.2. The fourth-order valence-electron chi connectivity index (χ4n) is 4.34. The number of hydrogen-bond acceptors (Lipinski definition) is 6. The van der Waals surface area contributed by atoms with Gasteiger partial charge < -0.3 is 14.8 Å². The van der Waals surface area contributed by atoms with Crippen LogP contribution in [-0.4, -0.2) is 65.2 Å². The number of imidazole rings is 1. The van der Waals surface area contributed by atoms with Crippen LogP contribution in [0.1, 0.15) is 20.3 Å². The molecule has 4 N–H and O–H groups in total. The number of carbonyl (C=O) groups excluding carboxylic acids is 1. The number of nitrogens with one attached hydrogen (secondary N) is 4. The number of amides is 1. The number of rotatable bonds is 7. The first kappa shape index (κ1) is 19.3. The number of anilines is 1. The van der Waals surface area contributed by atoms with Gasteiger partial charge in [0.15, 0.2) is 0 Å². The van der Waals surface area contributed by atoms with E-state index >= 15 is 0 Å². The van der Waals surface area contributed by atoms with Crippen molar-refractivity contribution in [1.82, 2.24) is 30.6 Å². The number of benzene rings is 1. The Hall–Kier alpha value is -2.00. The van der Waals surface area contributed by atoms with Crippen LogP contribution in [-0.2, 0) is 11.3 Å². The Morgan fingerprint density at radius 3 is 2.93 bits per heavy atom. The molecule has 2 fully saturated rings. The van der Waals surface area contributed by atoms with E-state index in [1.54, 1.807) is 0 Å². The zero-order valence-electron chi connectivity index (χ0n) is 16.7. The van der Waals surface area contributed by atoms with Gasteiger partial charge in [-0.15, -0.1) is 0 Å². The van der Waals surface area contributed by atoms with E-state index in [9.17, 15) is 4.79 Å². The summed E-state index contributed by atoms with van der Waals surface area (Å²) in [5, 5.41) is 6.50. The second-order valence-electron chi connectivity index (χ2n) is 7.62. The highest BCUT2D eigenvalue weighted by Gasteiger charge is 2.41. The van der Waals surface area contributed by atoms with Crippen molar-refractivity contribution < 1.29 is 4.79 Å². The van der Waals surface area contributed by atoms with Crippen LogP contribution in [0, 0.1) is 5.92 Å². The number of hydrogen-bond donors (Lipinski definition) is 4. The minimum absolute atomic E-state index is 0.0249. The third-order valence-electron chi connectivity index (χ3n) is 6.09. The molecule has 0 spiro atoms. The van der Waals surface area contributed by atoms with Crippen LogP contribution in [0.4, 0.5) is 5.95 Å². The minimum Gasteiger partial charge on any atom is -0.316 e. The van der Waals surface area contributed by atoms with Crippen molar-refractivity contribution in [1.29, 1.82) is 0 Å². The molecule has 0 bridgehead atoms. The molecule has 2 aromatic rings. The maximum atomic E-state index is 13.0. The second-order valence-corrected chi connectivity index (χ2v) is 7.62. The molecule has 28 heavy (non-hydrogen) atoms. The molecule has 2 saturated heterocycles. The molecule has 3 unspecified atom stereocenters. The predicted molar refractivity (Wildman–Crippen MR) is 111 cm³/mol. The van der Waals surface area contributed by atoms with Crippen molar-refractivity contribution in [2.75, 3.05) is 38.0 Å². The van der Waals surface area contributed by atoms with E-state index in [4.69, 9.17) is 4.98 Å². The standard InChI is InChI=1S/C20H31N7O/c1-3-26(4-2)11-12-27-17-8-6-5-7-16(17)22-20(27)23-19(28)18-14-13-21-10-9-15(14)24-25-18/h5-8,14-15,18,21,24-25H,3-4,9-13H2,1-2H3,(H,22,23,28). The average Bonchev–Trinajstić information content (AvgIpc) is 3.30. The Balaban J connectivity index is 1.54. The Kier molecular flexibility index (Phi) is 5.91. The molecule has 0 aliphatic carbocycles. The molecule has 2 aliphatic heterocycles. The van der Waals surface area contributed by atoms with Gasteiger partial charge >= 0.3 is 0 Å². The lowest BCUT2D eigenvalue weighted by Crippen LogP contribution is -2.47. The Labute approximate surface area is 166 Å². The molecule has 3 atom stereocenters. The van der Waals surface area contributed by atoms with E-state index in [1.807, 2.05) is 18.2 Å². The van der Waals surface area contributed by atoms with Crippen LogP contribution in [0.3, 0.4) is 0 Å². The molecule has 3 heterocycles. The van der Waals surface area contributed by atoms with Crippen LogP contribution < -0.4 is 21.5 Å². The van der Waals surface area contributed by atoms with Crippen LogP contribution in [0.5, 0.6) is 0 Å². The van der Waals surface area contributed by atoms with Gasteiger partial charge in [-0.1, -0.05) is 26.0 Å². The lowest BCUT2D eigenvalue weighted by molar-refractivity contribution is -0.118. The number of nitrogens with zero attached hydrogens (tertiary/aromatic N) is 3. The van der Waals surface area contributed by atoms with Crippen molar-refractivity contribution in [3.63, 3.8) is 0 Å². The summed E-state index contributed by atoms with van der Waals surface area (Å²) < 4.78 is 2.13. The van der Waals surface area contributed by atoms with Gasteiger partial charge in [-0.3, -0.25) is 15.5 Å². The summed E-state index contributed by atoms with van der Waals surface area (Å²) in [7, 11) is 0. The second kappa shape index (κ2) is 8.57. The molecule has 8 heteroatoms. The summed E-state index contributed by atoms with van der Waals surface area (Å²) in [5.74, 6) is 0.859. The van der Waals surface area contributed by atoms with Crippen molar-refractivity contribution in [2.24, 2.45) is 5.92 Å². The third kappa shape index (κ3) is 3.77. The monoisotopic (exact) mass is 385 g/mol. The van der Waals surface area contributed by atoms with Crippen molar-refractivity contribution >= 4 is 22.9 Å². The van der Waals surface area contributed by atoms with Gasteiger partial charge in [-0.25, -0.2) is 10.4 Å². The lowest BCUT2D eigenvalue weighted by Gasteiger charge is -2.27. The van der Waals surface area contributed by atoms with Gasteiger partial charge in [0, 0.05) is 31.6 Å². The van der Waals surface area contributed by atoms with Gasteiger partial charge in [-0.2, -0.15) is 0 Å². The van der Waals surface area contributed by atoms with Gasteiger partial charge in [-0.05, 0) is 38.2 Å². The molecule has 1 aromatic heterocycles. The van der Waals surface area contributed by atoms with Gasteiger partial charge in [0.25, 0.3) is 0 Å². The van der Waals surface area contributed by atoms with Crippen molar-refractivity contribution in [3.8, 4) is 0 Å². The van der Waals surface area contributed by atoms with Gasteiger partial charge in [0.05, 0.1) is 11.0 Å². The largest absolute Gasteiger partial charge is 0.316 e. The topological polar surface area (TPSA) is 86.2 Å². The zero-order valence-corrected chi connectivity index (χ0v) is 16.7. The molecular weight excluding hydrogens is 354 g/mol. The average molecular weight is 386 g/mol.